The Bertz CT molecular complexity index is 1320. The molecule has 6 aromatic rings. The van der Waals surface area contributed by atoms with Crippen LogP contribution in [0, 0.1) is 6.07 Å². The Hall–Kier alpha value is -2.59. The number of benzene rings is 6. The van der Waals surface area contributed by atoms with Crippen molar-refractivity contribution in [3.05, 3.63) is 188 Å². The Morgan fingerprint density at radius 3 is 0.795 bits per heavy atom. The molecule has 0 N–H and O–H groups in total. The van der Waals surface area contributed by atoms with Crippen molar-refractivity contribution in [2.24, 2.45) is 0 Å². The normalized spacial score (nSPS) is 9.80. The monoisotopic (exact) mass is 853 g/mol. The molecular formula is C40H42GeP2Pt-. The summed E-state index contributed by atoms with van der Waals surface area (Å²) in [5, 5.41) is 2.96. The van der Waals surface area contributed by atoms with Crippen LogP contribution < -0.4 is 23.8 Å². The summed E-state index contributed by atoms with van der Waals surface area (Å²) in [5.41, 5.74) is 0. The van der Waals surface area contributed by atoms with E-state index < -0.39 is 14.3 Å². The van der Waals surface area contributed by atoms with Gasteiger partial charge in [-0.05, 0) is 37.3 Å². The zero-order valence-electron chi connectivity index (χ0n) is 26.0. The first kappa shape index (κ1) is 37.6. The predicted octanol–water partition coefficient (Wildman–Crippen LogP) is 7.79. The molecule has 0 heterocycles. The van der Waals surface area contributed by atoms with Gasteiger partial charge in [-0.3, -0.25) is 0 Å². The molecule has 0 amide bonds. The van der Waals surface area contributed by atoms with Gasteiger partial charge >= 0.3 is 119 Å². The first-order chi connectivity index (χ1) is 21.1. The number of hydrogen-bond acceptors (Lipinski definition) is 0. The molecule has 0 bridgehead atoms. The van der Waals surface area contributed by atoms with Crippen molar-refractivity contribution in [3.63, 3.8) is 0 Å². The standard InChI is InChI=1S/C18H15Ge.2C8H11P.C6H5.Pt/c1-4-10-16(11-5-1)19(17-12-6-2-7-13-17)18-14-8-3-9-15-18;2*1-9(2)8-6-4-3-5-7-8;1-2-4-6-5-3-1;/h1-15H;2*3-7H,1-2H3;1-5H;/q;;;-1;. The molecule has 0 aliphatic heterocycles. The summed E-state index contributed by atoms with van der Waals surface area (Å²) in [6.07, 6.45) is 0. The van der Waals surface area contributed by atoms with E-state index in [0.717, 1.165) is 0 Å². The van der Waals surface area contributed by atoms with Gasteiger partial charge in [-0.15, -0.1) is 0 Å². The van der Waals surface area contributed by atoms with Gasteiger partial charge in [-0.25, -0.2) is 0 Å². The van der Waals surface area contributed by atoms with Crippen LogP contribution in [0.5, 0.6) is 0 Å². The predicted molar refractivity (Wildman–Crippen MR) is 199 cm³/mol. The van der Waals surface area contributed by atoms with Crippen molar-refractivity contribution in [2.75, 3.05) is 26.7 Å². The Morgan fingerprint density at radius 1 is 0.364 bits per heavy atom. The second-order valence-electron chi connectivity index (χ2n) is 10.0. The summed E-state index contributed by atoms with van der Waals surface area (Å²) < 4.78 is 4.50. The van der Waals surface area contributed by atoms with E-state index >= 15 is 0 Å². The topological polar surface area (TPSA) is 0 Å². The van der Waals surface area contributed by atoms with Gasteiger partial charge in [0.25, 0.3) is 0 Å². The first-order valence-corrected chi connectivity index (χ1v) is 22.1. The van der Waals surface area contributed by atoms with Gasteiger partial charge in [-0.1, -0.05) is 76.5 Å². The average Bonchev–Trinajstić information content (AvgIpc) is 3.09. The van der Waals surface area contributed by atoms with Crippen LogP contribution in [-0.2, 0) is 21.1 Å². The summed E-state index contributed by atoms with van der Waals surface area (Å²) in [7, 11) is 0.209. The quantitative estimate of drug-likeness (QED) is 0.0945. The van der Waals surface area contributed by atoms with Gasteiger partial charge < -0.3 is 0 Å². The van der Waals surface area contributed by atoms with Crippen LogP contribution in [0.1, 0.15) is 0 Å². The fraction of sp³-hybridized carbons (Fsp3) is 0.100. The zero-order valence-corrected chi connectivity index (χ0v) is 32.2. The maximum atomic E-state index is 2.89. The van der Waals surface area contributed by atoms with Gasteiger partial charge in [0.2, 0.25) is 0 Å². The molecule has 6 aromatic carbocycles. The Kier molecular flexibility index (Phi) is 19.5. The van der Waals surface area contributed by atoms with Crippen molar-refractivity contribution in [2.45, 2.75) is 0 Å². The molecule has 0 atom stereocenters. The van der Waals surface area contributed by atoms with E-state index in [-0.39, 0.29) is 36.9 Å². The van der Waals surface area contributed by atoms with Crippen LogP contribution in [0.4, 0.5) is 0 Å². The first-order valence-electron chi connectivity index (χ1n) is 14.5. The minimum atomic E-state index is -1.63. The second kappa shape index (κ2) is 22.9. The van der Waals surface area contributed by atoms with Crippen molar-refractivity contribution in [1.29, 1.82) is 0 Å². The van der Waals surface area contributed by atoms with Crippen LogP contribution in [0.3, 0.4) is 0 Å². The van der Waals surface area contributed by atoms with E-state index in [1.54, 1.807) is 0 Å². The van der Waals surface area contributed by atoms with Crippen molar-refractivity contribution in [1.82, 2.24) is 0 Å². The molecule has 1 radical (unpaired) electrons. The fourth-order valence-electron chi connectivity index (χ4n) is 4.11. The molecule has 0 unspecified atom stereocenters. The molecule has 0 saturated heterocycles. The maximum absolute atomic E-state index is 2.89. The Balaban J connectivity index is 0.000000227. The molecule has 227 valence electrons. The van der Waals surface area contributed by atoms with E-state index in [9.17, 15) is 0 Å². The Morgan fingerprint density at radius 2 is 0.614 bits per heavy atom. The summed E-state index contributed by atoms with van der Waals surface area (Å²) in [5.74, 6) is 0. The summed E-state index contributed by atoms with van der Waals surface area (Å²) in [6.45, 7) is 9.07. The second-order valence-corrected chi connectivity index (χ2v) is 19.8. The minimum absolute atomic E-state index is 0. The SMILES string of the molecule is CP(C)c1ccccc1.CP(C)c1ccccc1.[Pt].[c-]1ccccc1.c1cc[c]([Ge]([c]2ccccc2)[c]2ccccc2)cc1. The molecule has 6 rings (SSSR count). The summed E-state index contributed by atoms with van der Waals surface area (Å²) in [4.78, 5) is 0. The average molecular weight is 852 g/mol. The van der Waals surface area contributed by atoms with E-state index in [2.05, 4.69) is 184 Å². The molecule has 0 aliphatic rings. The number of rotatable bonds is 5. The molecule has 44 heavy (non-hydrogen) atoms. The molecule has 0 nitrogen and oxygen atoms in total. The van der Waals surface area contributed by atoms with Gasteiger partial charge in [0, 0.05) is 21.1 Å². The van der Waals surface area contributed by atoms with Crippen molar-refractivity contribution >= 4 is 54.0 Å². The summed E-state index contributed by atoms with van der Waals surface area (Å²) in [6, 6.07) is 66.5. The molecule has 0 saturated carbocycles. The molecule has 4 heteroatoms. The molecule has 0 spiro atoms. The van der Waals surface area contributed by atoms with Crippen LogP contribution in [0.15, 0.2) is 182 Å². The van der Waals surface area contributed by atoms with Gasteiger partial charge in [0.05, 0.1) is 0 Å². The third-order valence-corrected chi connectivity index (χ3v) is 14.7. The van der Waals surface area contributed by atoms with E-state index in [1.807, 2.05) is 30.3 Å². The molecule has 0 fully saturated rings. The molecule has 0 aromatic heterocycles. The molecular weight excluding hydrogens is 810 g/mol. The fourth-order valence-corrected chi connectivity index (χ4v) is 11.1. The van der Waals surface area contributed by atoms with Gasteiger partial charge in [-0.2, -0.15) is 36.4 Å². The van der Waals surface area contributed by atoms with Gasteiger partial charge in [0.15, 0.2) is 0 Å². The van der Waals surface area contributed by atoms with Crippen molar-refractivity contribution in [3.8, 4) is 0 Å². The van der Waals surface area contributed by atoms with E-state index in [0.29, 0.717) is 0 Å². The van der Waals surface area contributed by atoms with E-state index in [4.69, 9.17) is 0 Å². The van der Waals surface area contributed by atoms with Crippen LogP contribution in [-0.4, -0.2) is 41.0 Å². The van der Waals surface area contributed by atoms with Crippen LogP contribution in [0.25, 0.3) is 0 Å². The zero-order chi connectivity index (χ0) is 30.5. The van der Waals surface area contributed by atoms with E-state index in [1.165, 1.54) is 23.8 Å². The third-order valence-electron chi connectivity index (χ3n) is 6.34. The summed E-state index contributed by atoms with van der Waals surface area (Å²) >= 11 is -1.63. The number of hydrogen-bond donors (Lipinski definition) is 0. The third kappa shape index (κ3) is 14.5. The molecule has 0 aliphatic carbocycles. The Labute approximate surface area is 287 Å². The van der Waals surface area contributed by atoms with Crippen LogP contribution >= 0.6 is 15.8 Å². The van der Waals surface area contributed by atoms with Crippen LogP contribution in [0.2, 0.25) is 0 Å². The van der Waals surface area contributed by atoms with Crippen molar-refractivity contribution < 1.29 is 21.1 Å². The van der Waals surface area contributed by atoms with Gasteiger partial charge in [0.1, 0.15) is 0 Å².